The molecule has 2 aliphatic heterocycles. The van der Waals surface area contributed by atoms with Gasteiger partial charge in [0.2, 0.25) is 5.91 Å². The Bertz CT molecular complexity index is 1260. The average molecular weight is 537 g/mol. The molecule has 1 aromatic heterocycles. The van der Waals surface area contributed by atoms with Crippen LogP contribution in [-0.4, -0.2) is 59.1 Å². The van der Waals surface area contributed by atoms with Crippen molar-refractivity contribution in [3.63, 3.8) is 0 Å². The maximum atomic E-state index is 13.2. The highest BCUT2D eigenvalue weighted by atomic mass is 16.5. The number of nitrogens with one attached hydrogen (secondary N) is 2. The van der Waals surface area contributed by atoms with Crippen LogP contribution >= 0.6 is 0 Å². The van der Waals surface area contributed by atoms with Crippen molar-refractivity contribution in [2.75, 3.05) is 13.2 Å². The number of benzene rings is 1. The maximum Gasteiger partial charge on any atom is 0.325 e. The van der Waals surface area contributed by atoms with Crippen LogP contribution in [0.1, 0.15) is 71.7 Å². The number of esters is 1. The highest BCUT2D eigenvalue weighted by molar-refractivity contribution is 5.89. The minimum absolute atomic E-state index is 0.0979. The molecule has 2 amide bonds. The molecule has 0 radical (unpaired) electrons. The predicted octanol–water partition coefficient (Wildman–Crippen LogP) is 3.93. The molecule has 5 bridgehead atoms. The molecular formula is C30H40N4O5. The minimum Gasteiger partial charge on any atom is -0.457 e. The van der Waals surface area contributed by atoms with E-state index in [1.807, 2.05) is 77.2 Å². The van der Waals surface area contributed by atoms with E-state index in [1.165, 1.54) is 5.01 Å². The summed E-state index contributed by atoms with van der Waals surface area (Å²) in [7, 11) is 0. The number of cyclic esters (lactones) is 1. The first kappa shape index (κ1) is 28.7. The van der Waals surface area contributed by atoms with Gasteiger partial charge in [0.15, 0.2) is 0 Å². The van der Waals surface area contributed by atoms with E-state index >= 15 is 0 Å². The Morgan fingerprint density at radius 3 is 2.62 bits per heavy atom. The van der Waals surface area contributed by atoms with Crippen LogP contribution in [0.2, 0.25) is 0 Å². The van der Waals surface area contributed by atoms with Gasteiger partial charge in [0.25, 0.3) is 5.91 Å². The number of pyridine rings is 1. The van der Waals surface area contributed by atoms with E-state index in [1.54, 1.807) is 6.92 Å². The summed E-state index contributed by atoms with van der Waals surface area (Å²) in [5.41, 5.74) is 4.31. The number of hydrazine groups is 1. The summed E-state index contributed by atoms with van der Waals surface area (Å²) in [5, 5.41) is 6.20. The predicted molar refractivity (Wildman–Crippen MR) is 149 cm³/mol. The zero-order chi connectivity index (χ0) is 28.3. The average Bonchev–Trinajstić information content (AvgIpc) is 2.90. The molecule has 4 atom stereocenters. The molecule has 210 valence electrons. The van der Waals surface area contributed by atoms with Crippen LogP contribution in [0.5, 0.6) is 0 Å². The standard InChI is InChI=1S/C30H40N4O5/c1-18(2)26-27(35)32-19(3)28(36)34-13-7-8-25(33-34)29(37)39-20(4)21-9-10-22-16-31-24(15-23(22)14-21)11-12-30(5,6)17-38-26/h9-12,14-16,18-20,25-26,33H,7-8,13,17H2,1-6H3,(H,32,35)/t19-,20+,25-,26-/m0/s1. The normalized spacial score (nSPS) is 26.9. The number of carbonyl (C=O) groups excluding carboxylic acids is 3. The summed E-state index contributed by atoms with van der Waals surface area (Å²) < 4.78 is 11.9. The first-order valence-electron chi connectivity index (χ1n) is 13.7. The van der Waals surface area contributed by atoms with E-state index in [0.29, 0.717) is 26.0 Å². The lowest BCUT2D eigenvalue weighted by atomic mass is 9.93. The van der Waals surface area contributed by atoms with Crippen LogP contribution in [0.3, 0.4) is 0 Å². The highest BCUT2D eigenvalue weighted by Crippen LogP contribution is 2.26. The van der Waals surface area contributed by atoms with Crippen molar-refractivity contribution in [3.05, 3.63) is 47.8 Å². The van der Waals surface area contributed by atoms with Gasteiger partial charge in [-0.15, -0.1) is 0 Å². The number of aromatic nitrogens is 1. The molecule has 2 N–H and O–H groups in total. The minimum atomic E-state index is -0.797. The van der Waals surface area contributed by atoms with E-state index in [2.05, 4.69) is 15.7 Å². The molecular weight excluding hydrogens is 496 g/mol. The molecule has 0 spiro atoms. The Labute approximate surface area is 230 Å². The Kier molecular flexibility index (Phi) is 8.71. The zero-order valence-electron chi connectivity index (χ0n) is 23.7. The van der Waals surface area contributed by atoms with Gasteiger partial charge in [0.05, 0.1) is 12.3 Å². The summed E-state index contributed by atoms with van der Waals surface area (Å²) in [6.45, 7) is 12.1. The fourth-order valence-electron chi connectivity index (χ4n) is 4.79. The van der Waals surface area contributed by atoms with Gasteiger partial charge in [0, 0.05) is 23.5 Å². The van der Waals surface area contributed by atoms with E-state index < -0.39 is 30.3 Å². The lowest BCUT2D eigenvalue weighted by Crippen LogP contribution is -2.60. The van der Waals surface area contributed by atoms with Gasteiger partial charge in [-0.3, -0.25) is 24.4 Å². The van der Waals surface area contributed by atoms with E-state index in [9.17, 15) is 14.4 Å². The Morgan fingerprint density at radius 2 is 1.87 bits per heavy atom. The first-order valence-corrected chi connectivity index (χ1v) is 13.7. The molecule has 0 saturated carbocycles. The van der Waals surface area contributed by atoms with Crippen LogP contribution in [0.25, 0.3) is 16.8 Å². The maximum absolute atomic E-state index is 13.2. The number of amides is 2. The number of nitrogens with zero attached hydrogens (tertiary/aromatic N) is 2. The SMILES string of the molecule is CC(C)[C@@H]1OCC(C)(C)C=Cc2cc3cc(ccc3cn2)[C@@H](C)OC(=O)[C@@H]2CCCN(N2)C(=O)[C@H](C)NC1=O. The monoisotopic (exact) mass is 536 g/mol. The van der Waals surface area contributed by atoms with Crippen molar-refractivity contribution in [1.82, 2.24) is 20.7 Å². The molecule has 4 rings (SSSR count). The highest BCUT2D eigenvalue weighted by Gasteiger charge is 2.34. The molecule has 0 aliphatic carbocycles. The molecule has 9 nitrogen and oxygen atoms in total. The molecule has 39 heavy (non-hydrogen) atoms. The molecule has 1 aromatic carbocycles. The van der Waals surface area contributed by atoms with Crippen molar-refractivity contribution < 1.29 is 23.9 Å². The zero-order valence-corrected chi connectivity index (χ0v) is 23.7. The number of ether oxygens (including phenoxy) is 2. The summed E-state index contributed by atoms with van der Waals surface area (Å²) in [6, 6.07) is 6.47. The molecule has 3 heterocycles. The molecule has 9 heteroatoms. The van der Waals surface area contributed by atoms with E-state index in [4.69, 9.17) is 9.47 Å². The van der Waals surface area contributed by atoms with Crippen molar-refractivity contribution in [2.45, 2.75) is 78.7 Å². The molecule has 1 fully saturated rings. The Morgan fingerprint density at radius 1 is 1.10 bits per heavy atom. The smallest absolute Gasteiger partial charge is 0.325 e. The number of rotatable bonds is 1. The lowest BCUT2D eigenvalue weighted by molar-refractivity contribution is -0.157. The van der Waals surface area contributed by atoms with Gasteiger partial charge in [-0.05, 0) is 61.8 Å². The van der Waals surface area contributed by atoms with Crippen LogP contribution < -0.4 is 10.7 Å². The first-order chi connectivity index (χ1) is 18.4. The van der Waals surface area contributed by atoms with Crippen LogP contribution in [0, 0.1) is 11.3 Å². The second-order valence-corrected chi connectivity index (χ2v) is 11.6. The van der Waals surface area contributed by atoms with Gasteiger partial charge in [-0.2, -0.15) is 0 Å². The summed E-state index contributed by atoms with van der Waals surface area (Å²) >= 11 is 0. The summed E-state index contributed by atoms with van der Waals surface area (Å²) in [6.07, 6.45) is 5.79. The Hall–Kier alpha value is -3.30. The quantitative estimate of drug-likeness (QED) is 0.532. The Balaban J connectivity index is 1.67. The largest absolute Gasteiger partial charge is 0.457 e. The fourth-order valence-corrected chi connectivity index (χ4v) is 4.79. The number of carbonyl (C=O) groups is 3. The molecule has 2 aromatic rings. The summed E-state index contributed by atoms with van der Waals surface area (Å²) in [5.74, 6) is -1.18. The third-order valence-corrected chi connectivity index (χ3v) is 7.20. The van der Waals surface area contributed by atoms with Gasteiger partial charge in [0.1, 0.15) is 24.3 Å². The van der Waals surface area contributed by atoms with E-state index in [0.717, 1.165) is 22.0 Å². The van der Waals surface area contributed by atoms with Crippen LogP contribution in [0.4, 0.5) is 0 Å². The van der Waals surface area contributed by atoms with Gasteiger partial charge < -0.3 is 14.8 Å². The van der Waals surface area contributed by atoms with E-state index in [-0.39, 0.29) is 23.1 Å². The fraction of sp³-hybridized carbons (Fsp3) is 0.533. The number of fused-ring (bicyclic) bond motifs is 4. The van der Waals surface area contributed by atoms with Crippen molar-refractivity contribution in [2.24, 2.45) is 11.3 Å². The molecule has 1 saturated heterocycles. The summed E-state index contributed by atoms with van der Waals surface area (Å²) in [4.78, 5) is 43.9. The topological polar surface area (TPSA) is 110 Å². The second-order valence-electron chi connectivity index (χ2n) is 11.6. The number of hydrogen-bond donors (Lipinski definition) is 2. The van der Waals surface area contributed by atoms with Crippen molar-refractivity contribution >= 4 is 34.6 Å². The third-order valence-electron chi connectivity index (χ3n) is 7.20. The van der Waals surface area contributed by atoms with Gasteiger partial charge >= 0.3 is 5.97 Å². The number of hydrogen-bond acceptors (Lipinski definition) is 7. The van der Waals surface area contributed by atoms with Gasteiger partial charge in [-0.25, -0.2) is 5.43 Å². The van der Waals surface area contributed by atoms with Crippen molar-refractivity contribution in [1.29, 1.82) is 0 Å². The van der Waals surface area contributed by atoms with Crippen LogP contribution in [-0.2, 0) is 23.9 Å². The van der Waals surface area contributed by atoms with Gasteiger partial charge in [-0.1, -0.05) is 45.9 Å². The second kappa shape index (κ2) is 11.8. The van der Waals surface area contributed by atoms with Crippen molar-refractivity contribution in [3.8, 4) is 0 Å². The molecule has 0 unspecified atom stereocenters. The third kappa shape index (κ3) is 7.02. The van der Waals surface area contributed by atoms with Crippen LogP contribution in [0.15, 0.2) is 36.5 Å². The lowest BCUT2D eigenvalue weighted by Gasteiger charge is -2.35. The molecule has 2 aliphatic rings.